The third-order valence-corrected chi connectivity index (χ3v) is 5.25. The molecule has 0 saturated carbocycles. The second-order valence-electron chi connectivity index (χ2n) is 7.94. The molecule has 1 aliphatic heterocycles. The molecule has 3 rings (SSSR count). The molecule has 1 aromatic carbocycles. The van der Waals surface area contributed by atoms with Crippen LogP contribution in [0.15, 0.2) is 41.7 Å². The molecule has 7 heteroatoms. The van der Waals surface area contributed by atoms with E-state index in [4.69, 9.17) is 4.99 Å². The number of nitrogens with zero attached hydrogens (tertiary/aromatic N) is 4. The maximum absolute atomic E-state index is 13.6. The fourth-order valence-corrected chi connectivity index (χ4v) is 3.57. The highest BCUT2D eigenvalue weighted by molar-refractivity contribution is 14.0. The lowest BCUT2D eigenvalue weighted by molar-refractivity contribution is 0.473. The number of guanidine groups is 1. The Kier molecular flexibility index (Phi) is 7.86. The molecule has 1 aliphatic rings. The van der Waals surface area contributed by atoms with Crippen molar-refractivity contribution in [3.05, 3.63) is 53.6 Å². The molecule has 0 spiro atoms. The molecule has 2 heterocycles. The number of halogens is 2. The smallest absolute Gasteiger partial charge is 0.193 e. The molecule has 1 unspecified atom stereocenters. The Bertz CT molecular complexity index is 802. The highest BCUT2D eigenvalue weighted by atomic mass is 127. The van der Waals surface area contributed by atoms with Crippen molar-refractivity contribution in [2.75, 3.05) is 26.2 Å². The van der Waals surface area contributed by atoms with E-state index in [0.717, 1.165) is 37.6 Å². The first-order chi connectivity index (χ1) is 12.9. The standard InChI is InChI=1S/C21H30FN5.HI/c1-5-23-20(24-15-21(2,3)18-7-6-8-19(22)11-18)27-10-9-16(14-27)17-12-25-26(4)13-17;/h6-8,11-13,16H,5,9-10,14-15H2,1-4H3,(H,23,24);1H. The number of benzene rings is 1. The van der Waals surface area contributed by atoms with Gasteiger partial charge in [0.05, 0.1) is 12.7 Å². The van der Waals surface area contributed by atoms with Crippen LogP contribution < -0.4 is 5.32 Å². The van der Waals surface area contributed by atoms with Gasteiger partial charge in [0.15, 0.2) is 5.96 Å². The summed E-state index contributed by atoms with van der Waals surface area (Å²) in [6.45, 7) is 9.65. The summed E-state index contributed by atoms with van der Waals surface area (Å²) in [5, 5.41) is 7.72. The van der Waals surface area contributed by atoms with Gasteiger partial charge in [0.1, 0.15) is 5.82 Å². The number of aliphatic imine (C=N–C) groups is 1. The monoisotopic (exact) mass is 499 g/mol. The fraction of sp³-hybridized carbons (Fsp3) is 0.524. The summed E-state index contributed by atoms with van der Waals surface area (Å²) in [5.74, 6) is 1.22. The Hall–Kier alpha value is -1.64. The van der Waals surface area contributed by atoms with E-state index in [2.05, 4.69) is 42.3 Å². The normalized spacial score (nSPS) is 17.5. The minimum Gasteiger partial charge on any atom is -0.357 e. The Labute approximate surface area is 184 Å². The van der Waals surface area contributed by atoms with Crippen LogP contribution in [0, 0.1) is 5.82 Å². The molecule has 1 N–H and O–H groups in total. The lowest BCUT2D eigenvalue weighted by Crippen LogP contribution is -2.41. The second kappa shape index (κ2) is 9.71. The van der Waals surface area contributed by atoms with Gasteiger partial charge in [0, 0.05) is 44.2 Å². The zero-order valence-corrected chi connectivity index (χ0v) is 19.5. The van der Waals surface area contributed by atoms with Gasteiger partial charge >= 0.3 is 0 Å². The summed E-state index contributed by atoms with van der Waals surface area (Å²) in [5.41, 5.74) is 2.03. The first-order valence-corrected chi connectivity index (χ1v) is 9.67. The average Bonchev–Trinajstić information content (AvgIpc) is 3.27. The van der Waals surface area contributed by atoms with Crippen LogP contribution in [0.3, 0.4) is 0 Å². The van der Waals surface area contributed by atoms with E-state index in [1.54, 1.807) is 12.1 Å². The molecule has 1 saturated heterocycles. The third kappa shape index (κ3) is 5.46. The highest BCUT2D eigenvalue weighted by Crippen LogP contribution is 2.28. The lowest BCUT2D eigenvalue weighted by atomic mass is 9.85. The lowest BCUT2D eigenvalue weighted by Gasteiger charge is -2.26. The van der Waals surface area contributed by atoms with Gasteiger partial charge in [0.25, 0.3) is 0 Å². The van der Waals surface area contributed by atoms with Gasteiger partial charge in [-0.15, -0.1) is 24.0 Å². The quantitative estimate of drug-likeness (QED) is 0.386. The number of aromatic nitrogens is 2. The molecule has 28 heavy (non-hydrogen) atoms. The van der Waals surface area contributed by atoms with E-state index in [-0.39, 0.29) is 35.2 Å². The van der Waals surface area contributed by atoms with Crippen molar-refractivity contribution in [2.24, 2.45) is 12.0 Å². The first-order valence-electron chi connectivity index (χ1n) is 9.67. The van der Waals surface area contributed by atoms with Crippen LogP contribution in [0.2, 0.25) is 0 Å². The highest BCUT2D eigenvalue weighted by Gasteiger charge is 2.28. The molecule has 0 bridgehead atoms. The van der Waals surface area contributed by atoms with Gasteiger partial charge in [-0.2, -0.15) is 5.10 Å². The molecule has 1 atom stereocenters. The number of rotatable bonds is 5. The Morgan fingerprint density at radius 3 is 2.82 bits per heavy atom. The number of nitrogens with one attached hydrogen (secondary N) is 1. The summed E-state index contributed by atoms with van der Waals surface area (Å²) in [4.78, 5) is 7.22. The van der Waals surface area contributed by atoms with Gasteiger partial charge in [-0.25, -0.2) is 4.39 Å². The van der Waals surface area contributed by atoms with Crippen molar-refractivity contribution in [3.8, 4) is 0 Å². The summed E-state index contributed by atoms with van der Waals surface area (Å²) in [6.07, 6.45) is 5.17. The van der Waals surface area contributed by atoms with Crippen LogP contribution in [-0.2, 0) is 12.5 Å². The first kappa shape index (κ1) is 22.6. The van der Waals surface area contributed by atoms with Crippen LogP contribution in [0.25, 0.3) is 0 Å². The van der Waals surface area contributed by atoms with Crippen molar-refractivity contribution in [1.82, 2.24) is 20.0 Å². The molecule has 154 valence electrons. The molecule has 0 amide bonds. The van der Waals surface area contributed by atoms with E-state index in [9.17, 15) is 4.39 Å². The average molecular weight is 499 g/mol. The molecule has 0 radical (unpaired) electrons. The van der Waals surface area contributed by atoms with Crippen LogP contribution in [0.5, 0.6) is 0 Å². The number of hydrogen-bond donors (Lipinski definition) is 1. The maximum Gasteiger partial charge on any atom is 0.193 e. The topological polar surface area (TPSA) is 45.5 Å². The number of hydrogen-bond acceptors (Lipinski definition) is 2. The van der Waals surface area contributed by atoms with Crippen molar-refractivity contribution < 1.29 is 4.39 Å². The third-order valence-electron chi connectivity index (χ3n) is 5.25. The molecule has 5 nitrogen and oxygen atoms in total. The fourth-order valence-electron chi connectivity index (χ4n) is 3.57. The minimum absolute atomic E-state index is 0. The summed E-state index contributed by atoms with van der Waals surface area (Å²) < 4.78 is 15.5. The van der Waals surface area contributed by atoms with Gasteiger partial charge in [0.2, 0.25) is 0 Å². The Morgan fingerprint density at radius 2 is 2.18 bits per heavy atom. The van der Waals surface area contributed by atoms with Gasteiger partial charge < -0.3 is 10.2 Å². The Balaban J connectivity index is 0.00000280. The minimum atomic E-state index is -0.231. The summed E-state index contributed by atoms with van der Waals surface area (Å²) in [6, 6.07) is 6.83. The van der Waals surface area contributed by atoms with Crippen molar-refractivity contribution in [3.63, 3.8) is 0 Å². The van der Waals surface area contributed by atoms with Crippen LogP contribution in [-0.4, -0.2) is 46.8 Å². The van der Waals surface area contributed by atoms with Crippen LogP contribution in [0.4, 0.5) is 4.39 Å². The molecule has 0 aliphatic carbocycles. The molecule has 2 aromatic rings. The predicted molar refractivity (Wildman–Crippen MR) is 123 cm³/mol. The largest absolute Gasteiger partial charge is 0.357 e. The zero-order chi connectivity index (χ0) is 19.4. The van der Waals surface area contributed by atoms with Gasteiger partial charge in [-0.3, -0.25) is 9.67 Å². The van der Waals surface area contributed by atoms with Crippen molar-refractivity contribution >= 4 is 29.9 Å². The van der Waals surface area contributed by atoms with E-state index >= 15 is 0 Å². The van der Waals surface area contributed by atoms with E-state index in [0.29, 0.717) is 12.5 Å². The summed E-state index contributed by atoms with van der Waals surface area (Å²) in [7, 11) is 1.95. The summed E-state index contributed by atoms with van der Waals surface area (Å²) >= 11 is 0. The SMILES string of the molecule is CCNC(=NCC(C)(C)c1cccc(F)c1)N1CCC(c2cnn(C)c2)C1.I. The van der Waals surface area contributed by atoms with Gasteiger partial charge in [-0.05, 0) is 36.6 Å². The maximum atomic E-state index is 13.6. The number of likely N-dealkylation sites (tertiary alicyclic amines) is 1. The molecular weight excluding hydrogens is 468 g/mol. The zero-order valence-electron chi connectivity index (χ0n) is 17.2. The van der Waals surface area contributed by atoms with Crippen molar-refractivity contribution in [1.29, 1.82) is 0 Å². The van der Waals surface area contributed by atoms with Crippen LogP contribution in [0.1, 0.15) is 44.2 Å². The predicted octanol–water partition coefficient (Wildman–Crippen LogP) is 3.91. The van der Waals surface area contributed by atoms with E-state index in [1.807, 2.05) is 24.0 Å². The number of aryl methyl sites for hydroxylation is 1. The van der Waals surface area contributed by atoms with Crippen LogP contribution >= 0.6 is 24.0 Å². The van der Waals surface area contributed by atoms with E-state index < -0.39 is 0 Å². The second-order valence-corrected chi connectivity index (χ2v) is 7.94. The molecule has 1 fully saturated rings. The van der Waals surface area contributed by atoms with Gasteiger partial charge in [-0.1, -0.05) is 26.0 Å². The van der Waals surface area contributed by atoms with E-state index in [1.165, 1.54) is 11.6 Å². The molecule has 1 aromatic heterocycles. The van der Waals surface area contributed by atoms with Crippen molar-refractivity contribution in [2.45, 2.75) is 38.5 Å². The Morgan fingerprint density at radius 1 is 1.39 bits per heavy atom. The molecular formula is C21H31FIN5.